The number of sulfonamides is 1. The van der Waals surface area contributed by atoms with Gasteiger partial charge in [0.25, 0.3) is 15.9 Å². The zero-order chi connectivity index (χ0) is 24.1. The van der Waals surface area contributed by atoms with Crippen molar-refractivity contribution < 1.29 is 13.2 Å². The summed E-state index contributed by atoms with van der Waals surface area (Å²) in [6.45, 7) is 6.95. The van der Waals surface area contributed by atoms with Crippen LogP contribution < -0.4 is 10.0 Å². The number of carbonyl (C=O) groups excluding carboxylic acids is 1. The van der Waals surface area contributed by atoms with E-state index in [0.717, 1.165) is 30.8 Å². The van der Waals surface area contributed by atoms with Crippen LogP contribution in [0.5, 0.6) is 0 Å². The minimum absolute atomic E-state index is 0.133. The Morgan fingerprint density at radius 1 is 0.882 bits per heavy atom. The van der Waals surface area contributed by atoms with E-state index in [4.69, 9.17) is 0 Å². The predicted octanol–water partition coefficient (Wildman–Crippen LogP) is 5.34. The summed E-state index contributed by atoms with van der Waals surface area (Å²) in [6.07, 6.45) is 3.82. The minimum Gasteiger partial charge on any atom is -0.322 e. The van der Waals surface area contributed by atoms with Crippen molar-refractivity contribution in [3.05, 3.63) is 89.0 Å². The lowest BCUT2D eigenvalue weighted by atomic mass is 10.1. The van der Waals surface area contributed by atoms with Gasteiger partial charge >= 0.3 is 0 Å². The maximum Gasteiger partial charge on any atom is 0.261 e. The number of nitrogens with zero attached hydrogens (tertiary/aromatic N) is 1. The van der Waals surface area contributed by atoms with Crippen LogP contribution in [-0.2, 0) is 16.6 Å². The Labute approximate surface area is 202 Å². The number of benzene rings is 3. The van der Waals surface area contributed by atoms with Gasteiger partial charge in [-0.25, -0.2) is 8.42 Å². The first-order valence-corrected chi connectivity index (χ1v) is 13.1. The average molecular weight is 478 g/mol. The van der Waals surface area contributed by atoms with Gasteiger partial charge in [0, 0.05) is 17.8 Å². The first-order chi connectivity index (χ1) is 16.3. The van der Waals surface area contributed by atoms with E-state index in [1.807, 2.05) is 50.2 Å². The lowest BCUT2D eigenvalue weighted by Crippen LogP contribution is -2.29. The van der Waals surface area contributed by atoms with E-state index in [1.165, 1.54) is 37.0 Å². The quantitative estimate of drug-likeness (QED) is 0.481. The molecular formula is C27H31N3O3S. The standard InChI is InChI=1S/C27H31N3O3S/c1-20-6-7-21(2)26(18-20)29-34(32,33)25-14-12-24(13-15-25)28-27(31)23-10-8-22(9-11-23)19-30-16-4-3-5-17-30/h6-15,18,29H,3-5,16-17,19H2,1-2H3,(H,28,31). The van der Waals surface area contributed by atoms with Crippen LogP contribution in [0.2, 0.25) is 0 Å². The van der Waals surface area contributed by atoms with Crippen LogP contribution >= 0.6 is 0 Å². The highest BCUT2D eigenvalue weighted by atomic mass is 32.2. The molecule has 1 heterocycles. The third-order valence-corrected chi connectivity index (χ3v) is 7.51. The van der Waals surface area contributed by atoms with Crippen LogP contribution in [0, 0.1) is 13.8 Å². The van der Waals surface area contributed by atoms with Gasteiger partial charge in [-0.1, -0.05) is 30.7 Å². The molecule has 1 amide bonds. The van der Waals surface area contributed by atoms with Crippen LogP contribution in [-0.4, -0.2) is 32.3 Å². The van der Waals surface area contributed by atoms with E-state index in [2.05, 4.69) is 14.9 Å². The number of hydrogen-bond donors (Lipinski definition) is 2. The molecule has 4 rings (SSSR count). The Morgan fingerprint density at radius 2 is 1.56 bits per heavy atom. The van der Waals surface area contributed by atoms with Crippen molar-refractivity contribution in [2.75, 3.05) is 23.1 Å². The molecule has 0 atom stereocenters. The second-order valence-electron chi connectivity index (χ2n) is 8.94. The van der Waals surface area contributed by atoms with Crippen molar-refractivity contribution in [2.45, 2.75) is 44.6 Å². The maximum atomic E-state index is 12.8. The highest BCUT2D eigenvalue weighted by Crippen LogP contribution is 2.22. The number of nitrogens with one attached hydrogen (secondary N) is 2. The van der Waals surface area contributed by atoms with Crippen molar-refractivity contribution in [3.8, 4) is 0 Å². The zero-order valence-corrected chi connectivity index (χ0v) is 20.5. The number of likely N-dealkylation sites (tertiary alicyclic amines) is 1. The van der Waals surface area contributed by atoms with Crippen LogP contribution in [0.15, 0.2) is 71.6 Å². The summed E-state index contributed by atoms with van der Waals surface area (Å²) in [5, 5.41) is 2.84. The van der Waals surface area contributed by atoms with E-state index >= 15 is 0 Å². The Hall–Kier alpha value is -3.16. The molecule has 1 saturated heterocycles. The molecule has 178 valence electrons. The summed E-state index contributed by atoms with van der Waals surface area (Å²) in [6, 6.07) is 19.5. The first-order valence-electron chi connectivity index (χ1n) is 11.6. The number of carbonyl (C=O) groups is 1. The van der Waals surface area contributed by atoms with Crippen LogP contribution in [0.3, 0.4) is 0 Å². The molecule has 1 fully saturated rings. The molecule has 1 aliphatic rings. The van der Waals surface area contributed by atoms with E-state index < -0.39 is 10.0 Å². The zero-order valence-electron chi connectivity index (χ0n) is 19.7. The highest BCUT2D eigenvalue weighted by Gasteiger charge is 2.16. The van der Waals surface area contributed by atoms with Crippen LogP contribution in [0.1, 0.15) is 46.3 Å². The summed E-state index contributed by atoms with van der Waals surface area (Å²) in [4.78, 5) is 15.2. The van der Waals surface area contributed by atoms with E-state index in [0.29, 0.717) is 16.9 Å². The van der Waals surface area contributed by atoms with Gasteiger partial charge in [-0.05, 0) is 98.9 Å². The summed E-state index contributed by atoms with van der Waals surface area (Å²) in [5.41, 5.74) is 4.68. The molecular weight excluding hydrogens is 446 g/mol. The average Bonchev–Trinajstić information content (AvgIpc) is 2.83. The number of aryl methyl sites for hydroxylation is 2. The summed E-state index contributed by atoms with van der Waals surface area (Å²) in [7, 11) is -3.73. The number of anilines is 2. The van der Waals surface area contributed by atoms with E-state index in [9.17, 15) is 13.2 Å². The van der Waals surface area contributed by atoms with Gasteiger partial charge in [0.2, 0.25) is 0 Å². The molecule has 1 aliphatic heterocycles. The topological polar surface area (TPSA) is 78.5 Å². The Morgan fingerprint density at radius 3 is 2.24 bits per heavy atom. The summed E-state index contributed by atoms with van der Waals surface area (Å²) in [5.74, 6) is -0.228. The Bertz CT molecular complexity index is 1250. The molecule has 0 aliphatic carbocycles. The Balaban J connectivity index is 1.38. The monoisotopic (exact) mass is 477 g/mol. The van der Waals surface area contributed by atoms with Crippen molar-refractivity contribution in [1.29, 1.82) is 0 Å². The Kier molecular flexibility index (Phi) is 7.34. The number of piperidine rings is 1. The van der Waals surface area contributed by atoms with E-state index in [1.54, 1.807) is 18.2 Å². The molecule has 34 heavy (non-hydrogen) atoms. The molecule has 0 spiro atoms. The molecule has 0 aromatic heterocycles. The molecule has 7 heteroatoms. The van der Waals surface area contributed by atoms with Gasteiger partial charge in [-0.15, -0.1) is 0 Å². The second kappa shape index (κ2) is 10.4. The second-order valence-corrected chi connectivity index (χ2v) is 10.6. The smallest absolute Gasteiger partial charge is 0.261 e. The third-order valence-electron chi connectivity index (χ3n) is 6.13. The lowest BCUT2D eigenvalue weighted by Gasteiger charge is -2.26. The number of amides is 1. The van der Waals surface area contributed by atoms with Gasteiger partial charge in [0.1, 0.15) is 0 Å². The minimum atomic E-state index is -3.73. The fourth-order valence-corrected chi connectivity index (χ4v) is 5.23. The summed E-state index contributed by atoms with van der Waals surface area (Å²) < 4.78 is 28.2. The largest absolute Gasteiger partial charge is 0.322 e. The van der Waals surface area contributed by atoms with Gasteiger partial charge in [-0.3, -0.25) is 14.4 Å². The molecule has 6 nitrogen and oxygen atoms in total. The van der Waals surface area contributed by atoms with Crippen molar-refractivity contribution in [3.63, 3.8) is 0 Å². The van der Waals surface area contributed by atoms with Crippen molar-refractivity contribution >= 4 is 27.3 Å². The molecule has 0 bridgehead atoms. The van der Waals surface area contributed by atoms with Gasteiger partial charge in [-0.2, -0.15) is 0 Å². The number of hydrogen-bond acceptors (Lipinski definition) is 4. The molecule has 2 N–H and O–H groups in total. The SMILES string of the molecule is Cc1ccc(C)c(NS(=O)(=O)c2ccc(NC(=O)c3ccc(CN4CCCCC4)cc3)cc2)c1. The molecule has 3 aromatic carbocycles. The number of rotatable bonds is 7. The van der Waals surface area contributed by atoms with Gasteiger partial charge in [0.15, 0.2) is 0 Å². The molecule has 0 saturated carbocycles. The van der Waals surface area contributed by atoms with Crippen molar-refractivity contribution in [1.82, 2.24) is 4.90 Å². The molecule has 0 radical (unpaired) electrons. The normalized spacial score (nSPS) is 14.5. The maximum absolute atomic E-state index is 12.8. The fraction of sp³-hybridized carbons (Fsp3) is 0.296. The van der Waals surface area contributed by atoms with Crippen LogP contribution in [0.4, 0.5) is 11.4 Å². The van der Waals surface area contributed by atoms with Gasteiger partial charge < -0.3 is 5.32 Å². The first kappa shape index (κ1) is 24.0. The molecule has 3 aromatic rings. The van der Waals surface area contributed by atoms with Crippen molar-refractivity contribution in [2.24, 2.45) is 0 Å². The lowest BCUT2D eigenvalue weighted by molar-refractivity contribution is 0.102. The predicted molar refractivity (Wildman–Crippen MR) is 137 cm³/mol. The molecule has 0 unspecified atom stereocenters. The van der Waals surface area contributed by atoms with Crippen LogP contribution in [0.25, 0.3) is 0 Å². The summed E-state index contributed by atoms with van der Waals surface area (Å²) >= 11 is 0. The fourth-order valence-electron chi connectivity index (χ4n) is 4.11. The van der Waals surface area contributed by atoms with E-state index in [-0.39, 0.29) is 10.8 Å². The highest BCUT2D eigenvalue weighted by molar-refractivity contribution is 7.92. The van der Waals surface area contributed by atoms with Gasteiger partial charge in [0.05, 0.1) is 10.6 Å². The third kappa shape index (κ3) is 6.04.